The van der Waals surface area contributed by atoms with Gasteiger partial charge in [0.15, 0.2) is 0 Å². The Balaban J connectivity index is 2.38. The van der Waals surface area contributed by atoms with Gasteiger partial charge in [-0.3, -0.25) is 0 Å². The Kier molecular flexibility index (Phi) is 2.98. The predicted molar refractivity (Wildman–Crippen MR) is 64.6 cm³/mol. The minimum Gasteiger partial charge on any atom is -0.399 e. The van der Waals surface area contributed by atoms with Crippen LogP contribution in [0.4, 0.5) is 8.78 Å². The molecule has 3 nitrogen and oxygen atoms in total. The number of nitrogens with zero attached hydrogens (tertiary/aromatic N) is 1. The summed E-state index contributed by atoms with van der Waals surface area (Å²) in [6.07, 6.45) is 0. The lowest BCUT2D eigenvalue weighted by Crippen LogP contribution is -2.41. The zero-order chi connectivity index (χ0) is 13.7. The number of halogens is 2. The quantitative estimate of drug-likeness (QED) is 0.568. The first-order valence-electron chi connectivity index (χ1n) is 5.82. The van der Waals surface area contributed by atoms with E-state index in [0.29, 0.717) is 0 Å². The highest BCUT2D eigenvalue weighted by atomic mass is 19.1. The maximum absolute atomic E-state index is 13.7. The molecule has 1 aromatic rings. The lowest BCUT2D eigenvalue weighted by atomic mass is 9.80. The van der Waals surface area contributed by atoms with Gasteiger partial charge in [0, 0.05) is 5.46 Å². The molecule has 0 unspecified atom stereocenters. The first-order valence-corrected chi connectivity index (χ1v) is 5.82. The van der Waals surface area contributed by atoms with Crippen molar-refractivity contribution < 1.29 is 18.1 Å². The van der Waals surface area contributed by atoms with Gasteiger partial charge in [-0.2, -0.15) is 4.39 Å². The molecule has 0 amide bonds. The fourth-order valence-electron chi connectivity index (χ4n) is 1.70. The second kappa shape index (κ2) is 4.00. The molecule has 2 rings (SSSR count). The summed E-state index contributed by atoms with van der Waals surface area (Å²) in [5.41, 5.74) is -1.17. The third-order valence-electron chi connectivity index (χ3n) is 3.64. The molecule has 0 bridgehead atoms. The molecule has 1 fully saturated rings. The van der Waals surface area contributed by atoms with E-state index in [2.05, 4.69) is 4.98 Å². The molecule has 0 atom stereocenters. The van der Waals surface area contributed by atoms with Crippen molar-refractivity contribution in [2.24, 2.45) is 0 Å². The van der Waals surface area contributed by atoms with Crippen LogP contribution in [0.15, 0.2) is 6.07 Å². The number of hydrogen-bond acceptors (Lipinski definition) is 3. The van der Waals surface area contributed by atoms with Crippen molar-refractivity contribution in [2.45, 2.75) is 45.8 Å². The summed E-state index contributed by atoms with van der Waals surface area (Å²) in [6.45, 7) is 8.81. The molecule has 1 aliphatic rings. The average molecular weight is 255 g/mol. The number of rotatable bonds is 1. The Labute approximate surface area is 106 Å². The molecule has 0 saturated carbocycles. The maximum Gasteiger partial charge on any atom is 0.499 e. The summed E-state index contributed by atoms with van der Waals surface area (Å²) in [6, 6.07) is 1.08. The molecule has 0 spiro atoms. The van der Waals surface area contributed by atoms with Crippen LogP contribution in [0, 0.1) is 18.7 Å². The summed E-state index contributed by atoms with van der Waals surface area (Å²) in [7, 11) is -0.933. The first-order chi connectivity index (χ1) is 8.14. The normalized spacial score (nSPS) is 21.4. The molecule has 1 aliphatic heterocycles. The van der Waals surface area contributed by atoms with Crippen LogP contribution in [0.3, 0.4) is 0 Å². The van der Waals surface area contributed by atoms with Crippen molar-refractivity contribution in [2.75, 3.05) is 0 Å². The van der Waals surface area contributed by atoms with E-state index in [-0.39, 0.29) is 11.2 Å². The van der Waals surface area contributed by atoms with Gasteiger partial charge in [-0.25, -0.2) is 9.37 Å². The van der Waals surface area contributed by atoms with Crippen molar-refractivity contribution in [3.05, 3.63) is 23.5 Å². The summed E-state index contributed by atoms with van der Waals surface area (Å²) < 4.78 is 38.5. The second-order valence-electron chi connectivity index (χ2n) is 5.52. The van der Waals surface area contributed by atoms with Crippen molar-refractivity contribution in [1.82, 2.24) is 4.98 Å². The van der Waals surface area contributed by atoms with Crippen LogP contribution >= 0.6 is 0 Å². The first kappa shape index (κ1) is 13.4. The van der Waals surface area contributed by atoms with E-state index in [9.17, 15) is 8.78 Å². The molecular formula is C12H16BF2NO2. The van der Waals surface area contributed by atoms with Gasteiger partial charge < -0.3 is 9.31 Å². The van der Waals surface area contributed by atoms with Gasteiger partial charge in [0.25, 0.3) is 0 Å². The Morgan fingerprint density at radius 1 is 1.11 bits per heavy atom. The highest BCUT2D eigenvalue weighted by Gasteiger charge is 2.52. The molecule has 0 N–H and O–H groups in total. The molecule has 2 heterocycles. The highest BCUT2D eigenvalue weighted by Crippen LogP contribution is 2.36. The Hall–Kier alpha value is -1.01. The van der Waals surface area contributed by atoms with Gasteiger partial charge in [0.05, 0.1) is 16.9 Å². The number of aromatic nitrogens is 1. The van der Waals surface area contributed by atoms with Crippen LogP contribution < -0.4 is 5.46 Å². The number of hydrogen-bond donors (Lipinski definition) is 0. The Morgan fingerprint density at radius 2 is 1.61 bits per heavy atom. The molecule has 18 heavy (non-hydrogen) atoms. The standard InChI is InChI=1S/C12H16BF2NO2/c1-7-9(14)6-8(10(15)16-7)13-17-11(2,3)12(4,5)18-13/h6H,1-5H3. The second-order valence-corrected chi connectivity index (χ2v) is 5.52. The SMILES string of the molecule is Cc1nc(F)c(B2OC(C)(C)C(C)(C)O2)cc1F. The van der Waals surface area contributed by atoms with E-state index < -0.39 is 30.1 Å². The molecule has 0 aliphatic carbocycles. The third-order valence-corrected chi connectivity index (χ3v) is 3.64. The zero-order valence-corrected chi connectivity index (χ0v) is 11.2. The van der Waals surface area contributed by atoms with Gasteiger partial charge in [-0.05, 0) is 40.7 Å². The number of aryl methyl sites for hydroxylation is 1. The molecule has 98 valence electrons. The summed E-state index contributed by atoms with van der Waals surface area (Å²) in [5, 5.41) is 0. The van der Waals surface area contributed by atoms with E-state index in [1.807, 2.05) is 27.7 Å². The van der Waals surface area contributed by atoms with Crippen LogP contribution in [-0.2, 0) is 9.31 Å². The molecule has 0 aromatic carbocycles. The monoisotopic (exact) mass is 255 g/mol. The van der Waals surface area contributed by atoms with Crippen LogP contribution in [0.25, 0.3) is 0 Å². The summed E-state index contributed by atoms with van der Waals surface area (Å²) >= 11 is 0. The average Bonchev–Trinajstić information content (AvgIpc) is 2.42. The van der Waals surface area contributed by atoms with E-state index >= 15 is 0 Å². The van der Waals surface area contributed by atoms with E-state index in [1.54, 1.807) is 0 Å². The smallest absolute Gasteiger partial charge is 0.399 e. The van der Waals surface area contributed by atoms with Crippen LogP contribution in [0.2, 0.25) is 0 Å². The minimum absolute atomic E-state index is 0.00301. The lowest BCUT2D eigenvalue weighted by Gasteiger charge is -2.32. The minimum atomic E-state index is -0.933. The van der Waals surface area contributed by atoms with Crippen molar-refractivity contribution in [3.8, 4) is 0 Å². The predicted octanol–water partition coefficient (Wildman–Crippen LogP) is 1.97. The third kappa shape index (κ3) is 2.03. The highest BCUT2D eigenvalue weighted by molar-refractivity contribution is 6.62. The van der Waals surface area contributed by atoms with Gasteiger partial charge in [0.2, 0.25) is 5.95 Å². The van der Waals surface area contributed by atoms with Crippen LogP contribution in [-0.4, -0.2) is 23.3 Å². The summed E-state index contributed by atoms with van der Waals surface area (Å²) in [4.78, 5) is 3.51. The van der Waals surface area contributed by atoms with Crippen molar-refractivity contribution in [3.63, 3.8) is 0 Å². The van der Waals surface area contributed by atoms with Crippen molar-refractivity contribution in [1.29, 1.82) is 0 Å². The molecule has 1 aromatic heterocycles. The van der Waals surface area contributed by atoms with Gasteiger partial charge in [0.1, 0.15) is 5.82 Å². The fraction of sp³-hybridized carbons (Fsp3) is 0.583. The summed E-state index contributed by atoms with van der Waals surface area (Å²) in [5.74, 6) is -1.33. The maximum atomic E-state index is 13.7. The van der Waals surface area contributed by atoms with Crippen molar-refractivity contribution >= 4 is 12.6 Å². The van der Waals surface area contributed by atoms with E-state index in [4.69, 9.17) is 9.31 Å². The molecular weight excluding hydrogens is 239 g/mol. The Bertz CT molecular complexity index is 475. The van der Waals surface area contributed by atoms with Gasteiger partial charge >= 0.3 is 7.12 Å². The fourth-order valence-corrected chi connectivity index (χ4v) is 1.70. The van der Waals surface area contributed by atoms with Gasteiger partial charge in [-0.1, -0.05) is 0 Å². The van der Waals surface area contributed by atoms with Crippen LogP contribution in [0.1, 0.15) is 33.4 Å². The Morgan fingerprint density at radius 3 is 2.11 bits per heavy atom. The topological polar surface area (TPSA) is 31.4 Å². The molecule has 1 saturated heterocycles. The molecule has 6 heteroatoms. The largest absolute Gasteiger partial charge is 0.499 e. The number of pyridine rings is 1. The van der Waals surface area contributed by atoms with Crippen LogP contribution in [0.5, 0.6) is 0 Å². The molecule has 0 radical (unpaired) electrons. The lowest BCUT2D eigenvalue weighted by molar-refractivity contribution is 0.00578. The van der Waals surface area contributed by atoms with E-state index in [0.717, 1.165) is 6.07 Å². The van der Waals surface area contributed by atoms with E-state index in [1.165, 1.54) is 6.92 Å². The van der Waals surface area contributed by atoms with Gasteiger partial charge in [-0.15, -0.1) is 0 Å². The zero-order valence-electron chi connectivity index (χ0n) is 11.2.